The maximum absolute atomic E-state index is 12.5. The Morgan fingerprint density at radius 3 is 2.30 bits per heavy atom. The normalized spacial score (nSPS) is 27.9. The van der Waals surface area contributed by atoms with E-state index in [2.05, 4.69) is 6.92 Å². The number of hydrogen-bond donors (Lipinski definition) is 1. The van der Waals surface area contributed by atoms with Gasteiger partial charge in [-0.3, -0.25) is 4.79 Å². The molecule has 3 heteroatoms. The summed E-state index contributed by atoms with van der Waals surface area (Å²) in [6.07, 6.45) is 6.32. The SMILES string of the molecule is CC1CCC(OC(=O)C2(c3ccc(N)cc3)CC2)CC1. The summed E-state index contributed by atoms with van der Waals surface area (Å²) in [6, 6.07) is 7.66. The Morgan fingerprint density at radius 2 is 1.75 bits per heavy atom. The molecule has 0 atom stereocenters. The number of ether oxygens (including phenoxy) is 1. The van der Waals surface area contributed by atoms with Gasteiger partial charge in [0.2, 0.25) is 0 Å². The van der Waals surface area contributed by atoms with Crippen LogP contribution in [-0.4, -0.2) is 12.1 Å². The molecule has 3 nitrogen and oxygen atoms in total. The molecular formula is C17H23NO2. The fourth-order valence-corrected chi connectivity index (χ4v) is 3.15. The Hall–Kier alpha value is -1.51. The van der Waals surface area contributed by atoms with Crippen LogP contribution in [0.2, 0.25) is 0 Å². The Morgan fingerprint density at radius 1 is 1.15 bits per heavy atom. The molecule has 2 aliphatic carbocycles. The van der Waals surface area contributed by atoms with E-state index in [9.17, 15) is 4.79 Å². The van der Waals surface area contributed by atoms with Crippen LogP contribution in [0.3, 0.4) is 0 Å². The zero-order valence-corrected chi connectivity index (χ0v) is 12.1. The van der Waals surface area contributed by atoms with Crippen LogP contribution in [0.25, 0.3) is 0 Å². The standard InChI is InChI=1S/C17H23NO2/c1-12-2-8-15(9-3-12)20-16(19)17(10-11-17)13-4-6-14(18)7-5-13/h4-7,12,15H,2-3,8-11,18H2,1H3. The van der Waals surface area contributed by atoms with Crippen LogP contribution in [0, 0.1) is 5.92 Å². The minimum atomic E-state index is -0.378. The van der Waals surface area contributed by atoms with Crippen molar-refractivity contribution < 1.29 is 9.53 Å². The van der Waals surface area contributed by atoms with Crippen LogP contribution < -0.4 is 5.73 Å². The highest BCUT2D eigenvalue weighted by molar-refractivity contribution is 5.86. The van der Waals surface area contributed by atoms with Crippen molar-refractivity contribution in [2.45, 2.75) is 57.0 Å². The van der Waals surface area contributed by atoms with Gasteiger partial charge in [-0.25, -0.2) is 0 Å². The van der Waals surface area contributed by atoms with Gasteiger partial charge in [-0.15, -0.1) is 0 Å². The van der Waals surface area contributed by atoms with E-state index in [0.29, 0.717) is 0 Å². The van der Waals surface area contributed by atoms with Gasteiger partial charge in [-0.05, 0) is 62.1 Å². The molecule has 0 bridgehead atoms. The lowest BCUT2D eigenvalue weighted by atomic mass is 9.88. The van der Waals surface area contributed by atoms with Gasteiger partial charge in [0.15, 0.2) is 0 Å². The molecule has 2 N–H and O–H groups in total. The highest BCUT2D eigenvalue weighted by Gasteiger charge is 2.53. The third-order valence-corrected chi connectivity index (χ3v) is 4.84. The average molecular weight is 273 g/mol. The number of carbonyl (C=O) groups is 1. The van der Waals surface area contributed by atoms with Gasteiger partial charge in [0, 0.05) is 5.69 Å². The average Bonchev–Trinajstić information content (AvgIpc) is 3.24. The van der Waals surface area contributed by atoms with E-state index in [1.165, 1.54) is 12.8 Å². The highest BCUT2D eigenvalue weighted by Crippen LogP contribution is 2.49. The van der Waals surface area contributed by atoms with Crippen LogP contribution in [0.1, 0.15) is 51.0 Å². The third-order valence-electron chi connectivity index (χ3n) is 4.84. The van der Waals surface area contributed by atoms with Crippen molar-refractivity contribution in [3.8, 4) is 0 Å². The van der Waals surface area contributed by atoms with E-state index < -0.39 is 0 Å². The van der Waals surface area contributed by atoms with Crippen LogP contribution in [0.15, 0.2) is 24.3 Å². The van der Waals surface area contributed by atoms with E-state index in [4.69, 9.17) is 10.5 Å². The first-order valence-corrected chi connectivity index (χ1v) is 7.67. The molecule has 1 aromatic carbocycles. The molecule has 0 heterocycles. The lowest BCUT2D eigenvalue weighted by Crippen LogP contribution is -2.30. The molecule has 0 amide bonds. The molecule has 0 unspecified atom stereocenters. The van der Waals surface area contributed by atoms with Crippen molar-refractivity contribution in [1.82, 2.24) is 0 Å². The molecule has 108 valence electrons. The number of hydrogen-bond acceptors (Lipinski definition) is 3. The van der Waals surface area contributed by atoms with E-state index in [-0.39, 0.29) is 17.5 Å². The zero-order valence-electron chi connectivity index (χ0n) is 12.1. The number of carbonyl (C=O) groups excluding carboxylic acids is 1. The molecule has 3 rings (SSSR count). The summed E-state index contributed by atoms with van der Waals surface area (Å²) in [5.41, 5.74) is 7.13. The number of nitrogen functional groups attached to an aromatic ring is 1. The lowest BCUT2D eigenvalue weighted by Gasteiger charge is -2.27. The predicted molar refractivity (Wildman–Crippen MR) is 79.3 cm³/mol. The fraction of sp³-hybridized carbons (Fsp3) is 0.588. The first-order chi connectivity index (χ1) is 9.60. The Kier molecular flexibility index (Phi) is 3.45. The summed E-state index contributed by atoms with van der Waals surface area (Å²) < 4.78 is 5.78. The summed E-state index contributed by atoms with van der Waals surface area (Å²) in [5, 5.41) is 0. The van der Waals surface area contributed by atoms with Crippen LogP contribution >= 0.6 is 0 Å². The molecule has 0 radical (unpaired) electrons. The first-order valence-electron chi connectivity index (χ1n) is 7.67. The van der Waals surface area contributed by atoms with Gasteiger partial charge in [0.05, 0.1) is 5.41 Å². The molecule has 2 aliphatic rings. The first kappa shape index (κ1) is 13.5. The number of esters is 1. The van der Waals surface area contributed by atoms with Crippen molar-refractivity contribution in [2.75, 3.05) is 5.73 Å². The van der Waals surface area contributed by atoms with E-state index in [1.807, 2.05) is 24.3 Å². The Labute approximate surface area is 120 Å². The van der Waals surface area contributed by atoms with Gasteiger partial charge in [0.25, 0.3) is 0 Å². The maximum Gasteiger partial charge on any atom is 0.316 e. The molecule has 0 spiro atoms. The van der Waals surface area contributed by atoms with E-state index in [0.717, 1.165) is 42.9 Å². The molecule has 0 aromatic heterocycles. The van der Waals surface area contributed by atoms with Gasteiger partial charge >= 0.3 is 5.97 Å². The molecule has 2 saturated carbocycles. The lowest BCUT2D eigenvalue weighted by molar-refractivity contribution is -0.154. The minimum absolute atomic E-state index is 0.0261. The number of nitrogens with two attached hydrogens (primary N) is 1. The summed E-state index contributed by atoms with van der Waals surface area (Å²) in [5.74, 6) is 0.749. The highest BCUT2D eigenvalue weighted by atomic mass is 16.5. The van der Waals surface area contributed by atoms with Crippen LogP contribution in [0.5, 0.6) is 0 Å². The van der Waals surface area contributed by atoms with Crippen LogP contribution in [-0.2, 0) is 14.9 Å². The van der Waals surface area contributed by atoms with Crippen molar-refractivity contribution in [3.05, 3.63) is 29.8 Å². The van der Waals surface area contributed by atoms with E-state index >= 15 is 0 Å². The summed E-state index contributed by atoms with van der Waals surface area (Å²) in [7, 11) is 0. The maximum atomic E-state index is 12.5. The number of rotatable bonds is 3. The third kappa shape index (κ3) is 2.54. The summed E-state index contributed by atoms with van der Waals surface area (Å²) in [4.78, 5) is 12.5. The zero-order chi connectivity index (χ0) is 14.2. The van der Waals surface area contributed by atoms with Crippen molar-refractivity contribution in [1.29, 1.82) is 0 Å². The monoisotopic (exact) mass is 273 g/mol. The summed E-state index contributed by atoms with van der Waals surface area (Å²) >= 11 is 0. The molecule has 2 fully saturated rings. The predicted octanol–water partition coefficient (Wildman–Crippen LogP) is 3.42. The molecule has 0 aliphatic heterocycles. The second-order valence-corrected chi connectivity index (χ2v) is 6.49. The molecular weight excluding hydrogens is 250 g/mol. The molecule has 20 heavy (non-hydrogen) atoms. The van der Waals surface area contributed by atoms with Crippen molar-refractivity contribution in [2.24, 2.45) is 5.92 Å². The second kappa shape index (κ2) is 5.12. The second-order valence-electron chi connectivity index (χ2n) is 6.49. The smallest absolute Gasteiger partial charge is 0.316 e. The van der Waals surface area contributed by atoms with Gasteiger partial charge in [0.1, 0.15) is 6.10 Å². The number of anilines is 1. The van der Waals surface area contributed by atoms with Gasteiger partial charge in [-0.1, -0.05) is 19.1 Å². The van der Waals surface area contributed by atoms with Crippen molar-refractivity contribution in [3.63, 3.8) is 0 Å². The topological polar surface area (TPSA) is 52.3 Å². The van der Waals surface area contributed by atoms with Gasteiger partial charge in [-0.2, -0.15) is 0 Å². The molecule has 0 saturated heterocycles. The largest absolute Gasteiger partial charge is 0.462 e. The Bertz CT molecular complexity index is 482. The summed E-state index contributed by atoms with van der Waals surface area (Å²) in [6.45, 7) is 2.27. The van der Waals surface area contributed by atoms with Crippen LogP contribution in [0.4, 0.5) is 5.69 Å². The van der Waals surface area contributed by atoms with E-state index in [1.54, 1.807) is 0 Å². The number of benzene rings is 1. The fourth-order valence-electron chi connectivity index (χ4n) is 3.15. The minimum Gasteiger partial charge on any atom is -0.462 e. The quantitative estimate of drug-likeness (QED) is 0.678. The van der Waals surface area contributed by atoms with Crippen molar-refractivity contribution >= 4 is 11.7 Å². The van der Waals surface area contributed by atoms with Gasteiger partial charge < -0.3 is 10.5 Å². The Balaban J connectivity index is 1.66. The molecule has 1 aromatic rings.